The molecule has 0 saturated carbocycles. The molecule has 0 aromatic rings. The van der Waals surface area contributed by atoms with Crippen LogP contribution in [0.2, 0.25) is 0 Å². The van der Waals surface area contributed by atoms with E-state index in [4.69, 9.17) is 17.0 Å². The van der Waals surface area contributed by atoms with E-state index in [1.807, 2.05) is 6.92 Å². The van der Waals surface area contributed by atoms with Crippen molar-refractivity contribution in [1.82, 2.24) is 10.6 Å². The maximum Gasteiger partial charge on any atom is 0.248 e. The van der Waals surface area contributed by atoms with Crippen molar-refractivity contribution in [3.8, 4) is 0 Å². The van der Waals surface area contributed by atoms with Gasteiger partial charge < -0.3 is 15.4 Å². The third kappa shape index (κ3) is 3.28. The van der Waals surface area contributed by atoms with Crippen LogP contribution in [0.5, 0.6) is 0 Å². The number of amides is 1. The fourth-order valence-corrected chi connectivity index (χ4v) is 1.44. The van der Waals surface area contributed by atoms with E-state index in [9.17, 15) is 4.79 Å². The quantitative estimate of drug-likeness (QED) is 0.493. The molecule has 1 heterocycles. The minimum atomic E-state index is -0.159. The van der Waals surface area contributed by atoms with Gasteiger partial charge in [-0.05, 0) is 32.0 Å². The van der Waals surface area contributed by atoms with E-state index in [0.29, 0.717) is 11.7 Å². The fourth-order valence-electron chi connectivity index (χ4n) is 1.20. The van der Waals surface area contributed by atoms with E-state index < -0.39 is 0 Å². The lowest BCUT2D eigenvalue weighted by atomic mass is 10.2. The van der Waals surface area contributed by atoms with E-state index in [-0.39, 0.29) is 11.9 Å². The number of hydrogen-bond acceptors (Lipinski definition) is 3. The van der Waals surface area contributed by atoms with Crippen molar-refractivity contribution < 1.29 is 9.53 Å². The first-order valence-corrected chi connectivity index (χ1v) is 4.84. The highest BCUT2D eigenvalue weighted by Crippen LogP contribution is 2.02. The van der Waals surface area contributed by atoms with Crippen LogP contribution in [0.15, 0.2) is 0 Å². The molecule has 1 aliphatic rings. The predicted octanol–water partition coefficient (Wildman–Crippen LogP) is 0.176. The van der Waals surface area contributed by atoms with Gasteiger partial charge in [0.15, 0.2) is 5.11 Å². The summed E-state index contributed by atoms with van der Waals surface area (Å²) in [4.78, 5) is 11.1. The lowest BCUT2D eigenvalue weighted by Gasteiger charge is -2.06. The van der Waals surface area contributed by atoms with Gasteiger partial charge in [0.25, 0.3) is 0 Å². The van der Waals surface area contributed by atoms with E-state index in [2.05, 4.69) is 10.6 Å². The molecule has 74 valence electrons. The van der Waals surface area contributed by atoms with Crippen molar-refractivity contribution in [3.63, 3.8) is 0 Å². The van der Waals surface area contributed by atoms with Crippen LogP contribution >= 0.6 is 12.2 Å². The Bertz CT molecular complexity index is 208. The standard InChI is InChI=1S/C8H14N2O2S/c1-2-12-5-3-4-6-7(11)10-8(13)9-6/h6H,2-5H2,1H3,(H2,9,10,11,13). The van der Waals surface area contributed by atoms with Gasteiger partial charge in [0.05, 0.1) is 0 Å². The predicted molar refractivity (Wildman–Crippen MR) is 53.4 cm³/mol. The van der Waals surface area contributed by atoms with Gasteiger partial charge in [0.2, 0.25) is 5.91 Å². The second-order valence-corrected chi connectivity index (χ2v) is 3.26. The number of nitrogens with one attached hydrogen (secondary N) is 2. The zero-order valence-electron chi connectivity index (χ0n) is 7.63. The summed E-state index contributed by atoms with van der Waals surface area (Å²) in [5.74, 6) is -0.0264. The second kappa shape index (κ2) is 5.14. The molecule has 1 atom stereocenters. The molecule has 1 rings (SSSR count). The molecular formula is C8H14N2O2S. The molecule has 1 saturated heterocycles. The molecule has 0 aromatic heterocycles. The van der Waals surface area contributed by atoms with Crippen LogP contribution < -0.4 is 10.6 Å². The van der Waals surface area contributed by atoms with Crippen LogP contribution in [0, 0.1) is 0 Å². The molecule has 2 N–H and O–H groups in total. The summed E-state index contributed by atoms with van der Waals surface area (Å²) in [6.45, 7) is 3.38. The maximum absolute atomic E-state index is 11.1. The Morgan fingerprint density at radius 2 is 2.38 bits per heavy atom. The Morgan fingerprint density at radius 1 is 1.62 bits per heavy atom. The van der Waals surface area contributed by atoms with Crippen molar-refractivity contribution in [3.05, 3.63) is 0 Å². The number of thiocarbonyl (C=S) groups is 1. The SMILES string of the molecule is CCOCCCC1NC(=S)NC1=O. The summed E-state index contributed by atoms with van der Waals surface area (Å²) in [5.41, 5.74) is 0. The molecule has 0 spiro atoms. The number of ether oxygens (including phenoxy) is 1. The summed E-state index contributed by atoms with van der Waals surface area (Å²) in [6.07, 6.45) is 1.65. The highest BCUT2D eigenvalue weighted by Gasteiger charge is 2.25. The molecule has 0 bridgehead atoms. The number of carbonyl (C=O) groups is 1. The van der Waals surface area contributed by atoms with Crippen LogP contribution in [-0.2, 0) is 9.53 Å². The molecule has 1 unspecified atom stereocenters. The normalized spacial score (nSPS) is 21.5. The zero-order chi connectivity index (χ0) is 9.68. The van der Waals surface area contributed by atoms with Gasteiger partial charge in [-0.1, -0.05) is 0 Å². The number of rotatable bonds is 5. The molecule has 1 amide bonds. The minimum absolute atomic E-state index is 0.0264. The summed E-state index contributed by atoms with van der Waals surface area (Å²) in [5, 5.41) is 5.88. The first-order valence-electron chi connectivity index (χ1n) is 4.43. The zero-order valence-corrected chi connectivity index (χ0v) is 8.45. The van der Waals surface area contributed by atoms with Gasteiger partial charge in [-0.3, -0.25) is 4.79 Å². The van der Waals surface area contributed by atoms with Gasteiger partial charge in [-0.25, -0.2) is 0 Å². The monoisotopic (exact) mass is 202 g/mol. The molecule has 4 nitrogen and oxygen atoms in total. The molecular weight excluding hydrogens is 188 g/mol. The third-order valence-corrected chi connectivity index (χ3v) is 2.06. The first kappa shape index (κ1) is 10.4. The first-order chi connectivity index (χ1) is 6.24. The van der Waals surface area contributed by atoms with Gasteiger partial charge in [-0.15, -0.1) is 0 Å². The number of carbonyl (C=O) groups excluding carboxylic acids is 1. The average Bonchev–Trinajstić information content (AvgIpc) is 2.39. The Morgan fingerprint density at radius 3 is 2.92 bits per heavy atom. The average molecular weight is 202 g/mol. The van der Waals surface area contributed by atoms with Crippen molar-refractivity contribution in [2.75, 3.05) is 13.2 Å². The van der Waals surface area contributed by atoms with Crippen LogP contribution in [0.4, 0.5) is 0 Å². The van der Waals surface area contributed by atoms with Crippen LogP contribution in [0.1, 0.15) is 19.8 Å². The molecule has 1 aliphatic heterocycles. The summed E-state index contributed by atoms with van der Waals surface area (Å²) < 4.78 is 5.16. The van der Waals surface area contributed by atoms with Gasteiger partial charge in [0, 0.05) is 13.2 Å². The van der Waals surface area contributed by atoms with Crippen LogP contribution in [0.25, 0.3) is 0 Å². The number of hydrogen-bond donors (Lipinski definition) is 2. The Kier molecular flexibility index (Phi) is 4.11. The highest BCUT2D eigenvalue weighted by atomic mass is 32.1. The maximum atomic E-state index is 11.1. The molecule has 0 aliphatic carbocycles. The largest absolute Gasteiger partial charge is 0.382 e. The summed E-state index contributed by atoms with van der Waals surface area (Å²) >= 11 is 4.80. The van der Waals surface area contributed by atoms with Gasteiger partial charge in [-0.2, -0.15) is 0 Å². The lowest BCUT2D eigenvalue weighted by molar-refractivity contribution is -0.120. The van der Waals surface area contributed by atoms with Crippen molar-refractivity contribution in [1.29, 1.82) is 0 Å². The van der Waals surface area contributed by atoms with Crippen molar-refractivity contribution >= 4 is 23.2 Å². The third-order valence-electron chi connectivity index (χ3n) is 1.84. The molecule has 13 heavy (non-hydrogen) atoms. The second-order valence-electron chi connectivity index (χ2n) is 2.85. The Labute approximate surface area is 83.0 Å². The fraction of sp³-hybridized carbons (Fsp3) is 0.750. The van der Waals surface area contributed by atoms with Gasteiger partial charge in [0.1, 0.15) is 6.04 Å². The van der Waals surface area contributed by atoms with Crippen LogP contribution in [0.3, 0.4) is 0 Å². The molecule has 5 heteroatoms. The Balaban J connectivity index is 2.14. The molecule has 0 aromatic carbocycles. The molecule has 0 radical (unpaired) electrons. The van der Waals surface area contributed by atoms with Crippen LogP contribution in [-0.4, -0.2) is 30.3 Å². The van der Waals surface area contributed by atoms with Crippen molar-refractivity contribution in [2.45, 2.75) is 25.8 Å². The summed E-state index contributed by atoms with van der Waals surface area (Å²) in [6, 6.07) is -0.159. The minimum Gasteiger partial charge on any atom is -0.382 e. The smallest absolute Gasteiger partial charge is 0.248 e. The molecule has 1 fully saturated rings. The van der Waals surface area contributed by atoms with Crippen molar-refractivity contribution in [2.24, 2.45) is 0 Å². The van der Waals surface area contributed by atoms with E-state index in [1.54, 1.807) is 0 Å². The van der Waals surface area contributed by atoms with Gasteiger partial charge >= 0.3 is 0 Å². The topological polar surface area (TPSA) is 50.4 Å². The highest BCUT2D eigenvalue weighted by molar-refractivity contribution is 7.80. The van der Waals surface area contributed by atoms with E-state index in [1.165, 1.54) is 0 Å². The van der Waals surface area contributed by atoms with E-state index >= 15 is 0 Å². The lowest BCUT2D eigenvalue weighted by Crippen LogP contribution is -2.28. The Hall–Kier alpha value is -0.680. The van der Waals surface area contributed by atoms with E-state index in [0.717, 1.165) is 19.4 Å². The summed E-state index contributed by atoms with van der Waals surface area (Å²) in [7, 11) is 0.